The molecule has 5 rings (SSSR count). The van der Waals surface area contributed by atoms with E-state index in [-0.39, 0.29) is 0 Å². The topological polar surface area (TPSA) is 110 Å². The highest BCUT2D eigenvalue weighted by Gasteiger charge is 2.24. The zero-order chi connectivity index (χ0) is 26.8. The summed E-state index contributed by atoms with van der Waals surface area (Å²) in [6, 6.07) is 27.8. The SMILES string of the molecule is Cc1cc([N+](=C2C=CC(=[N+](c3ccc(N)cc3)c3ccc(N)cc3)C=C2)c2ccc(N)c(C)c2)ccc1N. The fraction of sp³-hybridized carbons (Fsp3) is 0.0625. The Bertz CT molecular complexity index is 1520. The Hall–Kier alpha value is -5.10. The Labute approximate surface area is 223 Å². The number of aryl methyl sites for hydroxylation is 2. The maximum atomic E-state index is 6.14. The highest BCUT2D eigenvalue weighted by Crippen LogP contribution is 2.29. The quantitative estimate of drug-likeness (QED) is 0.156. The first-order valence-electron chi connectivity index (χ1n) is 12.4. The smallest absolute Gasteiger partial charge is 0.212 e. The van der Waals surface area contributed by atoms with Crippen LogP contribution < -0.4 is 32.1 Å². The maximum Gasteiger partial charge on any atom is 0.212 e. The average molecular weight is 501 g/mol. The van der Waals surface area contributed by atoms with Gasteiger partial charge in [-0.25, -0.2) is 0 Å². The summed E-state index contributed by atoms with van der Waals surface area (Å²) in [7, 11) is 0. The number of hydrogen-bond donors (Lipinski definition) is 4. The van der Waals surface area contributed by atoms with Gasteiger partial charge in [-0.3, -0.25) is 0 Å². The van der Waals surface area contributed by atoms with E-state index in [0.29, 0.717) is 0 Å². The number of anilines is 4. The van der Waals surface area contributed by atoms with Crippen LogP contribution in [0.25, 0.3) is 0 Å². The van der Waals surface area contributed by atoms with E-state index in [1.807, 2.05) is 86.6 Å². The monoisotopic (exact) mass is 500 g/mol. The van der Waals surface area contributed by atoms with Crippen LogP contribution in [0.15, 0.2) is 109 Å². The number of nitrogens with zero attached hydrogens (tertiary/aromatic N) is 2. The third-order valence-corrected chi connectivity index (χ3v) is 6.69. The van der Waals surface area contributed by atoms with Gasteiger partial charge in [-0.2, -0.15) is 9.15 Å². The van der Waals surface area contributed by atoms with Crippen LogP contribution in [0.2, 0.25) is 0 Å². The number of allylic oxidation sites excluding steroid dienone is 4. The van der Waals surface area contributed by atoms with Crippen molar-refractivity contribution in [3.8, 4) is 0 Å². The Kier molecular flexibility index (Phi) is 6.54. The molecule has 0 atom stereocenters. The molecule has 4 aromatic carbocycles. The van der Waals surface area contributed by atoms with Gasteiger partial charge in [0.1, 0.15) is 0 Å². The summed E-state index contributed by atoms with van der Waals surface area (Å²) in [4.78, 5) is 0. The minimum absolute atomic E-state index is 0.717. The third kappa shape index (κ3) is 4.92. The van der Waals surface area contributed by atoms with Gasteiger partial charge in [0.2, 0.25) is 34.2 Å². The normalized spacial score (nSPS) is 12.6. The van der Waals surface area contributed by atoms with E-state index < -0.39 is 0 Å². The molecule has 8 N–H and O–H groups in total. The summed E-state index contributed by atoms with van der Waals surface area (Å²) < 4.78 is 4.38. The molecule has 0 aliphatic heterocycles. The molecule has 1 aliphatic carbocycles. The number of nitrogens with two attached hydrogens (primary N) is 4. The van der Waals surface area contributed by atoms with Gasteiger partial charge in [0, 0.05) is 95.6 Å². The predicted octanol–water partition coefficient (Wildman–Crippen LogP) is 6.01. The minimum Gasteiger partial charge on any atom is -0.399 e. The second kappa shape index (κ2) is 10.1. The largest absolute Gasteiger partial charge is 0.399 e. The lowest BCUT2D eigenvalue weighted by molar-refractivity contribution is 1.07. The van der Waals surface area contributed by atoms with Crippen LogP contribution in [0, 0.1) is 13.8 Å². The first-order valence-corrected chi connectivity index (χ1v) is 12.4. The number of benzene rings is 4. The van der Waals surface area contributed by atoms with Crippen molar-refractivity contribution in [1.29, 1.82) is 0 Å². The van der Waals surface area contributed by atoms with Crippen LogP contribution >= 0.6 is 0 Å². The van der Waals surface area contributed by atoms with Gasteiger partial charge in [0.25, 0.3) is 0 Å². The van der Waals surface area contributed by atoms with Crippen molar-refractivity contribution in [2.75, 3.05) is 22.9 Å². The van der Waals surface area contributed by atoms with Crippen LogP contribution in [-0.2, 0) is 0 Å². The second-order valence-electron chi connectivity index (χ2n) is 9.45. The highest BCUT2D eigenvalue weighted by atomic mass is 15.0. The molecule has 6 nitrogen and oxygen atoms in total. The Balaban J connectivity index is 1.69. The summed E-state index contributed by atoms with van der Waals surface area (Å²) in [6.45, 7) is 4.04. The lowest BCUT2D eigenvalue weighted by Crippen LogP contribution is -2.20. The van der Waals surface area contributed by atoms with Crippen LogP contribution in [0.5, 0.6) is 0 Å². The molecule has 0 spiro atoms. The first kappa shape index (κ1) is 24.6. The van der Waals surface area contributed by atoms with Crippen molar-refractivity contribution in [1.82, 2.24) is 9.15 Å². The van der Waals surface area contributed by atoms with Gasteiger partial charge in [0.05, 0.1) is 0 Å². The van der Waals surface area contributed by atoms with Crippen molar-refractivity contribution in [2.24, 2.45) is 0 Å². The predicted molar refractivity (Wildman–Crippen MR) is 164 cm³/mol. The molecule has 0 radical (unpaired) electrons. The molecule has 0 saturated carbocycles. The molecule has 4 aromatic rings. The molecule has 6 heteroatoms. The molecule has 1 aliphatic rings. The summed E-state index contributed by atoms with van der Waals surface area (Å²) in [5.41, 5.74) is 35.3. The lowest BCUT2D eigenvalue weighted by Gasteiger charge is -2.11. The minimum atomic E-state index is 0.717. The molecule has 0 saturated heterocycles. The first-order chi connectivity index (χ1) is 18.3. The van der Waals surface area contributed by atoms with Crippen molar-refractivity contribution >= 4 is 56.9 Å². The van der Waals surface area contributed by atoms with Crippen molar-refractivity contribution in [3.05, 3.63) is 120 Å². The Morgan fingerprint density at radius 1 is 0.421 bits per heavy atom. The van der Waals surface area contributed by atoms with E-state index in [4.69, 9.17) is 22.9 Å². The maximum absolute atomic E-state index is 6.14. The zero-order valence-electron chi connectivity index (χ0n) is 21.6. The van der Waals surface area contributed by atoms with Gasteiger partial charge < -0.3 is 22.9 Å². The van der Waals surface area contributed by atoms with E-state index in [1.165, 1.54) is 0 Å². The third-order valence-electron chi connectivity index (χ3n) is 6.69. The lowest BCUT2D eigenvalue weighted by atomic mass is 10.1. The Morgan fingerprint density at radius 3 is 1.08 bits per heavy atom. The molecule has 0 bridgehead atoms. The summed E-state index contributed by atoms with van der Waals surface area (Å²) in [5.74, 6) is 0. The molecule has 0 unspecified atom stereocenters. The van der Waals surface area contributed by atoms with E-state index in [1.54, 1.807) is 0 Å². The van der Waals surface area contributed by atoms with Gasteiger partial charge >= 0.3 is 0 Å². The van der Waals surface area contributed by atoms with Gasteiger partial charge in [-0.15, -0.1) is 0 Å². The fourth-order valence-corrected chi connectivity index (χ4v) is 4.49. The summed E-state index contributed by atoms with van der Waals surface area (Å²) >= 11 is 0. The van der Waals surface area contributed by atoms with Gasteiger partial charge in [-0.05, 0) is 61.4 Å². The number of nitrogen functional groups attached to an aromatic ring is 4. The van der Waals surface area contributed by atoms with Crippen molar-refractivity contribution < 1.29 is 0 Å². The van der Waals surface area contributed by atoms with E-state index in [2.05, 4.69) is 45.6 Å². The molecule has 38 heavy (non-hydrogen) atoms. The summed E-state index contributed by atoms with van der Waals surface area (Å²) in [5, 5.41) is 0. The Morgan fingerprint density at radius 2 is 0.737 bits per heavy atom. The molecule has 188 valence electrons. The molecule has 0 aromatic heterocycles. The van der Waals surface area contributed by atoms with Crippen molar-refractivity contribution in [2.45, 2.75) is 13.8 Å². The standard InChI is InChI=1S/C32H31N6/c1-21-19-29(15-17-31(21)35)38(30-16-18-32(36)22(2)20-30)28-13-11-27(12-14-28)37(25-7-3-23(33)4-8-25)26-9-5-24(34)6-10-26/h3-20H,33-34H2,1-2H3,(H3,35,36)/q+1/p+1. The van der Waals surface area contributed by atoms with Gasteiger partial charge in [0.15, 0.2) is 0 Å². The van der Waals surface area contributed by atoms with Gasteiger partial charge in [-0.1, -0.05) is 0 Å². The van der Waals surface area contributed by atoms with E-state index >= 15 is 0 Å². The molecular formula is C32H32N6+2. The number of hydrogen-bond acceptors (Lipinski definition) is 4. The molecule has 0 fully saturated rings. The van der Waals surface area contributed by atoms with E-state index in [9.17, 15) is 0 Å². The zero-order valence-corrected chi connectivity index (χ0v) is 21.6. The number of rotatable bonds is 4. The van der Waals surface area contributed by atoms with E-state index in [0.717, 1.165) is 68.0 Å². The van der Waals surface area contributed by atoms with Crippen LogP contribution in [0.3, 0.4) is 0 Å². The average Bonchev–Trinajstić information content (AvgIpc) is 2.91. The van der Waals surface area contributed by atoms with Crippen LogP contribution in [0.1, 0.15) is 11.1 Å². The second-order valence-corrected chi connectivity index (χ2v) is 9.45. The fourth-order valence-electron chi connectivity index (χ4n) is 4.49. The molecular weight excluding hydrogens is 468 g/mol. The summed E-state index contributed by atoms with van der Waals surface area (Å²) in [6.07, 6.45) is 8.47. The highest BCUT2D eigenvalue weighted by molar-refractivity contribution is 6.20. The van der Waals surface area contributed by atoms with Crippen LogP contribution in [0.4, 0.5) is 45.5 Å². The van der Waals surface area contributed by atoms with Crippen molar-refractivity contribution in [3.63, 3.8) is 0 Å². The molecule has 0 amide bonds. The molecule has 0 heterocycles. The van der Waals surface area contributed by atoms with Crippen LogP contribution in [-0.4, -0.2) is 11.4 Å².